The van der Waals surface area contributed by atoms with E-state index in [1.807, 2.05) is 44.2 Å². The lowest BCUT2D eigenvalue weighted by atomic mass is 10.1. The number of rotatable bonds is 8. The summed E-state index contributed by atoms with van der Waals surface area (Å²) in [4.78, 5) is 36.2. The summed E-state index contributed by atoms with van der Waals surface area (Å²) in [5.74, 6) is 0.409. The highest BCUT2D eigenvalue weighted by Crippen LogP contribution is 2.19. The number of hydrogen-bond donors (Lipinski definition) is 1. The van der Waals surface area contributed by atoms with E-state index >= 15 is 0 Å². The molecular weight excluding hydrogens is 406 g/mol. The van der Waals surface area contributed by atoms with E-state index in [0.717, 1.165) is 41.4 Å². The lowest BCUT2D eigenvalue weighted by Crippen LogP contribution is -2.41. The molecule has 32 heavy (non-hydrogen) atoms. The van der Waals surface area contributed by atoms with Crippen LogP contribution in [0.25, 0.3) is 22.1 Å². The van der Waals surface area contributed by atoms with Gasteiger partial charge in [0.2, 0.25) is 0 Å². The van der Waals surface area contributed by atoms with Crippen LogP contribution in [0.15, 0.2) is 39.9 Å². The third-order valence-corrected chi connectivity index (χ3v) is 5.78. The number of nitrogens with zero attached hydrogens (tertiary/aromatic N) is 5. The molecule has 168 valence electrons. The monoisotopic (exact) mass is 435 g/mol. The van der Waals surface area contributed by atoms with Gasteiger partial charge in [-0.15, -0.1) is 0 Å². The van der Waals surface area contributed by atoms with Crippen LogP contribution in [-0.4, -0.2) is 28.8 Å². The van der Waals surface area contributed by atoms with Crippen molar-refractivity contribution in [2.75, 3.05) is 0 Å². The Morgan fingerprint density at radius 2 is 1.75 bits per heavy atom. The second-order valence-electron chi connectivity index (χ2n) is 8.13. The fourth-order valence-corrected chi connectivity index (χ4v) is 4.27. The number of aliphatic hydroxyl groups is 1. The fourth-order valence-electron chi connectivity index (χ4n) is 4.27. The molecule has 3 heterocycles. The molecule has 0 bridgehead atoms. The molecule has 0 saturated carbocycles. The lowest BCUT2D eigenvalue weighted by molar-refractivity contribution is 0.265. The molecule has 0 atom stereocenters. The largest absolute Gasteiger partial charge is 0.388 e. The number of pyridine rings is 1. The van der Waals surface area contributed by atoms with Gasteiger partial charge in [0.1, 0.15) is 12.4 Å². The minimum Gasteiger partial charge on any atom is -0.388 e. The Hall–Kier alpha value is -3.26. The first kappa shape index (κ1) is 22.0. The second kappa shape index (κ2) is 9.08. The number of benzene rings is 1. The highest BCUT2D eigenvalue weighted by atomic mass is 16.3. The lowest BCUT2D eigenvalue weighted by Gasteiger charge is -2.14. The van der Waals surface area contributed by atoms with E-state index < -0.39 is 0 Å². The highest BCUT2D eigenvalue weighted by Gasteiger charge is 2.21. The van der Waals surface area contributed by atoms with Crippen molar-refractivity contribution in [2.24, 2.45) is 0 Å². The number of aliphatic hydroxyl groups excluding tert-OH is 1. The van der Waals surface area contributed by atoms with Crippen LogP contribution < -0.4 is 11.2 Å². The molecule has 4 aromatic rings. The van der Waals surface area contributed by atoms with E-state index in [4.69, 9.17) is 0 Å². The second-order valence-corrected chi connectivity index (χ2v) is 8.13. The van der Waals surface area contributed by atoms with Crippen LogP contribution in [0.1, 0.15) is 50.2 Å². The van der Waals surface area contributed by atoms with Gasteiger partial charge in [0.05, 0.1) is 12.1 Å². The first-order valence-electron chi connectivity index (χ1n) is 11.2. The smallest absolute Gasteiger partial charge is 0.333 e. The van der Waals surface area contributed by atoms with Crippen LogP contribution in [0.3, 0.4) is 0 Å². The Bertz CT molecular complexity index is 1400. The van der Waals surface area contributed by atoms with E-state index in [0.29, 0.717) is 30.1 Å². The van der Waals surface area contributed by atoms with Gasteiger partial charge in [0.15, 0.2) is 11.2 Å². The van der Waals surface area contributed by atoms with Crippen molar-refractivity contribution in [3.05, 3.63) is 68.3 Å². The van der Waals surface area contributed by atoms with Gasteiger partial charge >= 0.3 is 5.69 Å². The van der Waals surface area contributed by atoms with Gasteiger partial charge < -0.3 is 9.67 Å². The molecule has 0 amide bonds. The van der Waals surface area contributed by atoms with Crippen molar-refractivity contribution in [3.63, 3.8) is 0 Å². The molecule has 0 saturated heterocycles. The minimum absolute atomic E-state index is 0.148. The third-order valence-electron chi connectivity index (χ3n) is 5.78. The molecule has 1 N–H and O–H groups in total. The molecule has 0 fully saturated rings. The molecule has 0 aliphatic heterocycles. The molecule has 4 rings (SSSR count). The molecule has 0 radical (unpaired) electrons. The number of unbranched alkanes of at least 4 members (excludes halogenated alkanes) is 1. The van der Waals surface area contributed by atoms with Crippen molar-refractivity contribution in [2.45, 2.75) is 66.3 Å². The van der Waals surface area contributed by atoms with E-state index in [2.05, 4.69) is 16.9 Å². The standard InChI is InChI=1S/C24H29N5O3/c1-4-6-12-28-22-21(27(11-5-2)20(15-30)26-22)23(31)29(24(28)32)14-17-13-16(3)25-19-10-8-7-9-18(17)19/h7-10,13,30H,4-6,11-12,14-15H2,1-3H3. The van der Waals surface area contributed by atoms with Crippen LogP contribution in [0.2, 0.25) is 0 Å². The summed E-state index contributed by atoms with van der Waals surface area (Å²) in [6.07, 6.45) is 2.48. The SMILES string of the molecule is CCCCn1c(=O)n(Cc2cc(C)nc3ccccc23)c(=O)c2c1nc(CO)n2CCC. The van der Waals surface area contributed by atoms with E-state index in [-0.39, 0.29) is 24.4 Å². The zero-order valence-electron chi connectivity index (χ0n) is 18.8. The van der Waals surface area contributed by atoms with Gasteiger partial charge in [-0.25, -0.2) is 9.78 Å². The average Bonchev–Trinajstić information content (AvgIpc) is 3.15. The molecule has 8 nitrogen and oxygen atoms in total. The summed E-state index contributed by atoms with van der Waals surface area (Å²) in [5, 5.41) is 10.8. The number of aryl methyl sites for hydroxylation is 3. The van der Waals surface area contributed by atoms with Gasteiger partial charge in [0, 0.05) is 24.2 Å². The van der Waals surface area contributed by atoms with Crippen molar-refractivity contribution in [1.82, 2.24) is 23.7 Å². The average molecular weight is 436 g/mol. The summed E-state index contributed by atoms with van der Waals surface area (Å²) in [6.45, 7) is 6.84. The number of imidazole rings is 1. The van der Waals surface area contributed by atoms with Crippen LogP contribution in [-0.2, 0) is 26.2 Å². The Morgan fingerprint density at radius 1 is 0.969 bits per heavy atom. The van der Waals surface area contributed by atoms with Crippen LogP contribution >= 0.6 is 0 Å². The summed E-state index contributed by atoms with van der Waals surface area (Å²) in [6, 6.07) is 9.67. The van der Waals surface area contributed by atoms with E-state index in [1.54, 1.807) is 9.13 Å². The molecule has 3 aromatic heterocycles. The molecule has 0 unspecified atom stereocenters. The summed E-state index contributed by atoms with van der Waals surface area (Å²) < 4.78 is 4.64. The van der Waals surface area contributed by atoms with Crippen molar-refractivity contribution in [1.29, 1.82) is 0 Å². The van der Waals surface area contributed by atoms with Crippen molar-refractivity contribution < 1.29 is 5.11 Å². The van der Waals surface area contributed by atoms with Gasteiger partial charge in [-0.05, 0) is 37.5 Å². The predicted octanol–water partition coefficient (Wildman–Crippen LogP) is 2.97. The fraction of sp³-hybridized carbons (Fsp3) is 0.417. The van der Waals surface area contributed by atoms with Gasteiger partial charge in [-0.1, -0.05) is 38.5 Å². The van der Waals surface area contributed by atoms with Gasteiger partial charge in [0.25, 0.3) is 5.56 Å². The maximum Gasteiger partial charge on any atom is 0.333 e. The molecule has 0 aliphatic carbocycles. The molecule has 8 heteroatoms. The zero-order valence-corrected chi connectivity index (χ0v) is 18.8. The Morgan fingerprint density at radius 3 is 2.47 bits per heavy atom. The maximum atomic E-state index is 13.6. The van der Waals surface area contributed by atoms with Crippen LogP contribution in [0.4, 0.5) is 0 Å². The van der Waals surface area contributed by atoms with Crippen LogP contribution in [0, 0.1) is 6.92 Å². The highest BCUT2D eigenvalue weighted by molar-refractivity contribution is 5.82. The van der Waals surface area contributed by atoms with Gasteiger partial charge in [-0.3, -0.25) is 18.9 Å². The topological polar surface area (TPSA) is 94.9 Å². The quantitative estimate of drug-likeness (QED) is 0.459. The number of fused-ring (bicyclic) bond motifs is 2. The number of hydrogen-bond acceptors (Lipinski definition) is 5. The summed E-state index contributed by atoms with van der Waals surface area (Å²) >= 11 is 0. The van der Waals surface area contributed by atoms with Gasteiger partial charge in [-0.2, -0.15) is 0 Å². The normalized spacial score (nSPS) is 11.6. The van der Waals surface area contributed by atoms with Crippen LogP contribution in [0.5, 0.6) is 0 Å². The molecule has 0 spiro atoms. The maximum absolute atomic E-state index is 13.6. The molecular formula is C24H29N5O3. The van der Waals surface area contributed by atoms with Crippen molar-refractivity contribution >= 4 is 22.1 Å². The number of para-hydroxylation sites is 1. The summed E-state index contributed by atoms with van der Waals surface area (Å²) in [7, 11) is 0. The first-order valence-corrected chi connectivity index (χ1v) is 11.2. The van der Waals surface area contributed by atoms with E-state index in [1.165, 1.54) is 4.57 Å². The first-order chi connectivity index (χ1) is 15.5. The summed E-state index contributed by atoms with van der Waals surface area (Å²) in [5.41, 5.74) is 2.52. The third kappa shape index (κ3) is 3.75. The van der Waals surface area contributed by atoms with E-state index in [9.17, 15) is 14.7 Å². The number of aromatic nitrogens is 5. The Kier molecular flexibility index (Phi) is 6.23. The predicted molar refractivity (Wildman–Crippen MR) is 125 cm³/mol. The zero-order chi connectivity index (χ0) is 22.8. The minimum atomic E-state index is -0.378. The molecule has 0 aliphatic rings. The molecule has 1 aromatic carbocycles. The Labute approximate surface area is 185 Å². The Balaban J connectivity index is 2.01. The van der Waals surface area contributed by atoms with Crippen molar-refractivity contribution in [3.8, 4) is 0 Å².